The van der Waals surface area contributed by atoms with Crippen molar-refractivity contribution in [3.63, 3.8) is 0 Å². The topological polar surface area (TPSA) is 93.9 Å². The molecule has 1 aliphatic heterocycles. The number of benzene rings is 1. The van der Waals surface area contributed by atoms with E-state index < -0.39 is 5.97 Å². The first-order chi connectivity index (χ1) is 10.5. The number of piperidine rings is 1. The van der Waals surface area contributed by atoms with Crippen molar-refractivity contribution in [3.8, 4) is 0 Å². The number of anilines is 2. The zero-order valence-electron chi connectivity index (χ0n) is 12.0. The molecular weight excluding hydrogens is 324 g/mol. The van der Waals surface area contributed by atoms with Crippen LogP contribution in [0.1, 0.15) is 23.2 Å². The lowest BCUT2D eigenvalue weighted by molar-refractivity contribution is 0.0765. The summed E-state index contributed by atoms with van der Waals surface area (Å²) in [6.45, 7) is 1.25. The molecule has 1 aliphatic rings. The first-order valence-corrected chi connectivity index (χ1v) is 7.72. The molecule has 0 radical (unpaired) electrons. The lowest BCUT2D eigenvalue weighted by Crippen LogP contribution is -2.41. The van der Waals surface area contributed by atoms with E-state index in [-0.39, 0.29) is 12.1 Å². The average molecular weight is 343 g/mol. The zero-order valence-corrected chi connectivity index (χ0v) is 14.3. The summed E-state index contributed by atoms with van der Waals surface area (Å²) in [4.78, 5) is 24.5. The summed E-state index contributed by atoms with van der Waals surface area (Å²) in [5.41, 5.74) is 7.62. The molecule has 0 aromatic heterocycles. The first kappa shape index (κ1) is 16.8. The summed E-state index contributed by atoms with van der Waals surface area (Å²) in [7, 11) is 3.88. The van der Waals surface area contributed by atoms with Crippen molar-refractivity contribution in [2.45, 2.75) is 18.9 Å². The molecular formula is C13H19N3O4P2. The van der Waals surface area contributed by atoms with Gasteiger partial charge in [0.1, 0.15) is 0 Å². The maximum atomic E-state index is 11.4. The summed E-state index contributed by atoms with van der Waals surface area (Å²) in [5.74, 6) is -0.451. The molecule has 9 heteroatoms. The molecule has 0 spiro atoms. The molecule has 1 heterocycles. The van der Waals surface area contributed by atoms with Crippen molar-refractivity contribution < 1.29 is 18.6 Å². The van der Waals surface area contributed by atoms with Gasteiger partial charge in [-0.1, -0.05) is 0 Å². The number of nitrogens with two attached hydrogens (primary N) is 1. The minimum absolute atomic E-state index is 0.218. The fraction of sp³-hybridized carbons (Fsp3) is 0.385. The van der Waals surface area contributed by atoms with Crippen LogP contribution in [-0.2, 0) is 9.05 Å². The Labute approximate surface area is 133 Å². The van der Waals surface area contributed by atoms with Gasteiger partial charge in [0.05, 0.1) is 35.9 Å². The molecule has 1 fully saturated rings. The first-order valence-electron chi connectivity index (χ1n) is 6.78. The number of likely N-dealkylation sites (tertiary alicyclic amines) is 1. The van der Waals surface area contributed by atoms with Crippen molar-refractivity contribution in [1.82, 2.24) is 4.90 Å². The minimum Gasteiger partial charge on any atom is -0.448 e. The van der Waals surface area contributed by atoms with Crippen LogP contribution in [0.15, 0.2) is 18.2 Å². The van der Waals surface area contributed by atoms with Gasteiger partial charge in [-0.2, -0.15) is 0 Å². The number of rotatable bonds is 3. The lowest BCUT2D eigenvalue weighted by Gasteiger charge is -2.32. The van der Waals surface area contributed by atoms with E-state index in [9.17, 15) is 9.59 Å². The maximum absolute atomic E-state index is 11.4. The van der Waals surface area contributed by atoms with E-state index in [0.717, 1.165) is 18.5 Å². The van der Waals surface area contributed by atoms with E-state index in [1.807, 2.05) is 18.9 Å². The molecule has 2 atom stereocenters. The van der Waals surface area contributed by atoms with Gasteiger partial charge in [0.15, 0.2) is 0 Å². The molecule has 1 aromatic rings. The van der Waals surface area contributed by atoms with Crippen LogP contribution in [0.25, 0.3) is 0 Å². The van der Waals surface area contributed by atoms with Gasteiger partial charge in [-0.3, -0.25) is 0 Å². The Bertz CT molecular complexity index is 562. The number of hydrogen-bond donors (Lipinski definition) is 2. The number of nitrogen functional groups attached to an aromatic ring is 1. The summed E-state index contributed by atoms with van der Waals surface area (Å²) in [6.07, 6.45) is 1.27. The van der Waals surface area contributed by atoms with Gasteiger partial charge in [0.25, 0.3) is 0 Å². The quantitative estimate of drug-likeness (QED) is 0.644. The Kier molecular flexibility index (Phi) is 5.81. The van der Waals surface area contributed by atoms with E-state index in [0.29, 0.717) is 24.3 Å². The molecule has 3 N–H and O–H groups in total. The lowest BCUT2D eigenvalue weighted by atomic mass is 10.0. The maximum Gasteiger partial charge on any atom is 0.411 e. The Morgan fingerprint density at radius 2 is 1.91 bits per heavy atom. The van der Waals surface area contributed by atoms with Crippen molar-refractivity contribution in [3.05, 3.63) is 23.8 Å². The molecule has 0 saturated carbocycles. The standard InChI is InChI=1S/C13H19N3O4P2/c14-10-7-8(12(17)19-21)1-2-11(10)15-9-3-5-16(6-4-9)13(18)20-22/h1-2,7,9,15H,3-6,14,21-22H2. The zero-order chi connectivity index (χ0) is 16.1. The molecule has 2 unspecified atom stereocenters. The van der Waals surface area contributed by atoms with E-state index in [2.05, 4.69) is 14.4 Å². The largest absolute Gasteiger partial charge is 0.448 e. The summed E-state index contributed by atoms with van der Waals surface area (Å²) >= 11 is 0. The third-order valence-corrected chi connectivity index (χ3v) is 4.02. The highest BCUT2D eigenvalue weighted by atomic mass is 31.0. The Morgan fingerprint density at radius 3 is 2.45 bits per heavy atom. The van der Waals surface area contributed by atoms with Crippen LogP contribution < -0.4 is 11.1 Å². The van der Waals surface area contributed by atoms with E-state index in [1.165, 1.54) is 0 Å². The van der Waals surface area contributed by atoms with Crippen molar-refractivity contribution in [2.75, 3.05) is 24.1 Å². The second-order valence-electron chi connectivity index (χ2n) is 5.00. The smallest absolute Gasteiger partial charge is 0.411 e. The second-order valence-corrected chi connectivity index (χ2v) is 5.47. The molecule has 1 amide bonds. The monoisotopic (exact) mass is 343 g/mol. The van der Waals surface area contributed by atoms with Crippen LogP contribution in [0.4, 0.5) is 16.2 Å². The highest BCUT2D eigenvalue weighted by Gasteiger charge is 2.23. The predicted molar refractivity (Wildman–Crippen MR) is 90.4 cm³/mol. The number of carbonyl (C=O) groups excluding carboxylic acids is 2. The van der Waals surface area contributed by atoms with Gasteiger partial charge in [-0.15, -0.1) is 0 Å². The average Bonchev–Trinajstić information content (AvgIpc) is 2.55. The molecule has 2 rings (SSSR count). The van der Waals surface area contributed by atoms with Crippen LogP contribution >= 0.6 is 18.9 Å². The molecule has 0 aliphatic carbocycles. The Morgan fingerprint density at radius 1 is 1.23 bits per heavy atom. The SMILES string of the molecule is Nc1cc(C(=O)OP)ccc1NC1CCN(C(=O)OP)CC1. The van der Waals surface area contributed by atoms with Crippen LogP contribution in [0.2, 0.25) is 0 Å². The van der Waals surface area contributed by atoms with Crippen LogP contribution in [0.5, 0.6) is 0 Å². The number of hydrogen-bond acceptors (Lipinski definition) is 6. The van der Waals surface area contributed by atoms with Gasteiger partial charge >= 0.3 is 12.1 Å². The third kappa shape index (κ3) is 3.99. The van der Waals surface area contributed by atoms with E-state index in [4.69, 9.17) is 5.73 Å². The number of nitrogens with zero attached hydrogens (tertiary/aromatic N) is 1. The van der Waals surface area contributed by atoms with E-state index >= 15 is 0 Å². The summed E-state index contributed by atoms with van der Waals surface area (Å²) < 4.78 is 9.20. The van der Waals surface area contributed by atoms with Gasteiger partial charge < -0.3 is 25.0 Å². The molecule has 1 aromatic carbocycles. The third-order valence-electron chi connectivity index (χ3n) is 3.61. The van der Waals surface area contributed by atoms with Crippen LogP contribution in [0.3, 0.4) is 0 Å². The fourth-order valence-corrected chi connectivity index (χ4v) is 2.68. The Hall–Kier alpha value is -1.58. The van der Waals surface area contributed by atoms with Crippen LogP contribution in [-0.4, -0.2) is 36.1 Å². The number of carbonyl (C=O) groups is 2. The molecule has 1 saturated heterocycles. The number of amides is 1. The second kappa shape index (κ2) is 7.61. The molecule has 22 heavy (non-hydrogen) atoms. The highest BCUT2D eigenvalue weighted by Crippen LogP contribution is 2.24. The van der Waals surface area contributed by atoms with E-state index in [1.54, 1.807) is 23.1 Å². The van der Waals surface area contributed by atoms with Crippen molar-refractivity contribution in [1.29, 1.82) is 0 Å². The fourth-order valence-electron chi connectivity index (χ4n) is 2.39. The van der Waals surface area contributed by atoms with Gasteiger partial charge in [0, 0.05) is 19.1 Å². The van der Waals surface area contributed by atoms with Gasteiger partial charge in [-0.05, 0) is 31.0 Å². The molecule has 7 nitrogen and oxygen atoms in total. The van der Waals surface area contributed by atoms with Gasteiger partial charge in [0.2, 0.25) is 0 Å². The minimum atomic E-state index is -0.451. The summed E-state index contributed by atoms with van der Waals surface area (Å²) in [6, 6.07) is 5.21. The number of nitrogens with one attached hydrogen (secondary N) is 1. The normalized spacial score (nSPS) is 15.3. The van der Waals surface area contributed by atoms with Gasteiger partial charge in [-0.25, -0.2) is 9.59 Å². The molecule has 0 bridgehead atoms. The van der Waals surface area contributed by atoms with Crippen LogP contribution in [0, 0.1) is 0 Å². The highest BCUT2D eigenvalue weighted by molar-refractivity contribution is 7.11. The predicted octanol–water partition coefficient (Wildman–Crippen LogP) is 2.02. The summed E-state index contributed by atoms with van der Waals surface area (Å²) in [5, 5.41) is 3.34. The van der Waals surface area contributed by atoms with Crippen molar-refractivity contribution >= 4 is 42.4 Å². The Balaban J connectivity index is 1.95. The van der Waals surface area contributed by atoms with Crippen molar-refractivity contribution in [2.24, 2.45) is 0 Å². The molecule has 120 valence electrons.